The van der Waals surface area contributed by atoms with E-state index in [4.69, 9.17) is 19.9 Å². The van der Waals surface area contributed by atoms with Crippen LogP contribution < -0.4 is 16.4 Å². The molecule has 0 aliphatic carbocycles. The number of ether oxygens (including phenoxy) is 3. The fraction of sp³-hybridized carbons (Fsp3) is 0.500. The minimum atomic E-state index is -0.857. The Morgan fingerprint density at radius 3 is 2.38 bits per heavy atom. The molecule has 232 valence electrons. The zero-order valence-electron chi connectivity index (χ0n) is 26.1. The molecule has 0 aromatic carbocycles. The first-order chi connectivity index (χ1) is 19.6. The van der Waals surface area contributed by atoms with Crippen LogP contribution in [0.2, 0.25) is 0 Å². The summed E-state index contributed by atoms with van der Waals surface area (Å²) in [6.07, 6.45) is 15.2. The Labute approximate surface area is 249 Å². The number of allylic oxidation sites excluding steroid dienone is 5. The monoisotopic (exact) mass is 585 g/mol. The molecule has 0 spiro atoms. The lowest BCUT2D eigenvalue weighted by atomic mass is 9.86. The number of nitrogens with one attached hydrogen (secondary N) is 2. The van der Waals surface area contributed by atoms with Crippen LogP contribution in [0, 0.1) is 11.3 Å². The molecule has 0 aromatic heterocycles. The van der Waals surface area contributed by atoms with Gasteiger partial charge in [0.2, 0.25) is 11.8 Å². The Balaban J connectivity index is 2.70. The third-order valence-corrected chi connectivity index (χ3v) is 6.27. The average Bonchev–Trinajstić information content (AvgIpc) is 2.89. The molecule has 0 radical (unpaired) electrons. The molecule has 1 unspecified atom stereocenters. The maximum Gasteiger partial charge on any atom is 0.404 e. The normalized spacial score (nSPS) is 18.2. The van der Waals surface area contributed by atoms with Gasteiger partial charge in [-0.05, 0) is 38.5 Å². The zero-order valence-corrected chi connectivity index (χ0v) is 26.1. The van der Waals surface area contributed by atoms with E-state index >= 15 is 0 Å². The van der Waals surface area contributed by atoms with E-state index in [0.29, 0.717) is 19.3 Å². The molecule has 4 atom stereocenters. The van der Waals surface area contributed by atoms with E-state index in [2.05, 4.69) is 10.6 Å². The molecule has 1 heterocycles. The van der Waals surface area contributed by atoms with Gasteiger partial charge in [0.1, 0.15) is 18.2 Å². The van der Waals surface area contributed by atoms with Gasteiger partial charge in [0.05, 0.1) is 7.11 Å². The lowest BCUT2D eigenvalue weighted by Crippen LogP contribution is -2.52. The van der Waals surface area contributed by atoms with Crippen LogP contribution in [-0.4, -0.2) is 49.2 Å². The average molecular weight is 586 g/mol. The molecule has 1 aliphatic rings. The van der Waals surface area contributed by atoms with Gasteiger partial charge in [-0.2, -0.15) is 0 Å². The van der Waals surface area contributed by atoms with Crippen LogP contribution in [0.25, 0.3) is 0 Å². The van der Waals surface area contributed by atoms with E-state index in [1.54, 1.807) is 24.3 Å². The third kappa shape index (κ3) is 14.0. The summed E-state index contributed by atoms with van der Waals surface area (Å²) in [5.74, 6) is -1.05. The van der Waals surface area contributed by atoms with Crippen molar-refractivity contribution < 1.29 is 33.4 Å². The molecule has 0 aromatic rings. The number of hydrogen-bond donors (Lipinski definition) is 3. The summed E-state index contributed by atoms with van der Waals surface area (Å²) in [5.41, 5.74) is 6.62. The molecule has 1 rings (SSSR count). The van der Waals surface area contributed by atoms with Crippen molar-refractivity contribution in [1.29, 1.82) is 0 Å². The van der Waals surface area contributed by atoms with E-state index in [1.807, 2.05) is 66.7 Å². The first-order valence-electron chi connectivity index (χ1n) is 14.0. The van der Waals surface area contributed by atoms with Crippen LogP contribution in [-0.2, 0) is 28.6 Å². The molecule has 0 bridgehead atoms. The number of carbonyl (C=O) groups is 4. The predicted octanol–water partition coefficient (Wildman–Crippen LogP) is 4.90. The van der Waals surface area contributed by atoms with Gasteiger partial charge in [-0.15, -0.1) is 0 Å². The lowest BCUT2D eigenvalue weighted by molar-refractivity contribution is -0.151. The minimum Gasteiger partial charge on any atom is -0.490 e. The Morgan fingerprint density at radius 1 is 1.14 bits per heavy atom. The fourth-order valence-corrected chi connectivity index (χ4v) is 4.00. The maximum atomic E-state index is 12.9. The van der Waals surface area contributed by atoms with Gasteiger partial charge in [-0.1, -0.05) is 75.3 Å². The topological polar surface area (TPSA) is 146 Å². The number of nitrogens with two attached hydrogens (primary N) is 1. The highest BCUT2D eigenvalue weighted by molar-refractivity contribution is 5.93. The van der Waals surface area contributed by atoms with E-state index in [1.165, 1.54) is 19.4 Å². The Hall–Kier alpha value is -4.08. The van der Waals surface area contributed by atoms with E-state index < -0.39 is 35.5 Å². The Bertz CT molecular complexity index is 1140. The van der Waals surface area contributed by atoms with Crippen LogP contribution in [0.3, 0.4) is 0 Å². The molecule has 42 heavy (non-hydrogen) atoms. The second kappa shape index (κ2) is 17.7. The van der Waals surface area contributed by atoms with Gasteiger partial charge < -0.3 is 30.6 Å². The molecule has 1 aliphatic heterocycles. The molecular weight excluding hydrogens is 538 g/mol. The van der Waals surface area contributed by atoms with Crippen molar-refractivity contribution in [2.24, 2.45) is 17.1 Å². The van der Waals surface area contributed by atoms with Gasteiger partial charge in [0, 0.05) is 31.3 Å². The van der Waals surface area contributed by atoms with Crippen LogP contribution in [0.1, 0.15) is 67.7 Å². The fourth-order valence-electron chi connectivity index (χ4n) is 4.00. The quantitative estimate of drug-likeness (QED) is 0.114. The summed E-state index contributed by atoms with van der Waals surface area (Å²) in [6.45, 7) is 13.3. The van der Waals surface area contributed by atoms with Crippen molar-refractivity contribution in [2.75, 3.05) is 7.11 Å². The predicted molar refractivity (Wildman–Crippen MR) is 163 cm³/mol. The van der Waals surface area contributed by atoms with Crippen LogP contribution in [0.5, 0.6) is 0 Å². The Morgan fingerprint density at radius 2 is 1.81 bits per heavy atom. The van der Waals surface area contributed by atoms with Gasteiger partial charge in [-0.25, -0.2) is 9.59 Å². The SMILES string of the molecule is COC1=CC[C@@H]([C@@H](C)/C=C(C)/C=C\C=C/C(=O)NC(C(=O)N/C=C\C[C@H](CC=C(C)C)OC(N)=O)C(C)(C)C)OC1=O. The molecule has 10 nitrogen and oxygen atoms in total. The van der Waals surface area contributed by atoms with Gasteiger partial charge in [0.15, 0.2) is 5.76 Å². The molecule has 0 saturated heterocycles. The third-order valence-electron chi connectivity index (χ3n) is 6.27. The summed E-state index contributed by atoms with van der Waals surface area (Å²) in [4.78, 5) is 48.5. The highest BCUT2D eigenvalue weighted by Gasteiger charge is 2.32. The summed E-state index contributed by atoms with van der Waals surface area (Å²) in [7, 11) is 1.44. The maximum absolute atomic E-state index is 12.9. The number of carbonyl (C=O) groups excluding carboxylic acids is 4. The molecule has 10 heteroatoms. The smallest absolute Gasteiger partial charge is 0.404 e. The molecular formula is C32H47N3O7. The highest BCUT2D eigenvalue weighted by Crippen LogP contribution is 2.23. The number of methoxy groups -OCH3 is 1. The van der Waals surface area contributed by atoms with Crippen molar-refractivity contribution in [2.45, 2.75) is 86.0 Å². The van der Waals surface area contributed by atoms with Crippen molar-refractivity contribution >= 4 is 23.9 Å². The van der Waals surface area contributed by atoms with Gasteiger partial charge in [0.25, 0.3) is 0 Å². The number of rotatable bonds is 14. The van der Waals surface area contributed by atoms with Crippen LogP contribution >= 0.6 is 0 Å². The molecule has 3 amide bonds. The second-order valence-corrected chi connectivity index (χ2v) is 11.5. The summed E-state index contributed by atoms with van der Waals surface area (Å²) in [6, 6.07) is -0.806. The lowest BCUT2D eigenvalue weighted by Gasteiger charge is -2.29. The van der Waals surface area contributed by atoms with Gasteiger partial charge >= 0.3 is 12.1 Å². The number of esters is 1. The number of cyclic esters (lactones) is 1. The molecule has 0 saturated carbocycles. The highest BCUT2D eigenvalue weighted by atomic mass is 16.6. The number of amides is 3. The van der Waals surface area contributed by atoms with E-state index in [9.17, 15) is 19.2 Å². The summed E-state index contributed by atoms with van der Waals surface area (Å²) >= 11 is 0. The standard InChI is InChI=1S/C32H47N3O7/c1-21(2)15-16-24(41-31(33)39)13-11-19-34-29(37)28(32(5,6)7)35-27(36)14-10-9-12-22(3)20-23(4)25-17-18-26(40-8)30(38)42-25/h9-12,14-15,18-20,23-25,28H,13,16-17H2,1-8H3,(H2,33,39)(H,34,37)(H,35,36)/b12-9-,14-10-,19-11-,22-20+/t23-,24+,25-,28?/m0/s1. The van der Waals surface area contributed by atoms with E-state index in [0.717, 1.165) is 11.1 Å². The number of hydrogen-bond acceptors (Lipinski definition) is 7. The van der Waals surface area contributed by atoms with E-state index in [-0.39, 0.29) is 23.7 Å². The first-order valence-corrected chi connectivity index (χ1v) is 14.0. The summed E-state index contributed by atoms with van der Waals surface area (Å²) < 4.78 is 15.5. The number of primary amides is 1. The minimum absolute atomic E-state index is 0.0143. The second-order valence-electron chi connectivity index (χ2n) is 11.5. The van der Waals surface area contributed by atoms with Crippen LogP contribution in [0.4, 0.5) is 4.79 Å². The molecule has 0 fully saturated rings. The van der Waals surface area contributed by atoms with Crippen LogP contribution in [0.15, 0.2) is 71.7 Å². The first kappa shape index (κ1) is 35.9. The molecule has 4 N–H and O–H groups in total. The van der Waals surface area contributed by atoms with Gasteiger partial charge in [-0.3, -0.25) is 9.59 Å². The zero-order chi connectivity index (χ0) is 31.9. The van der Waals surface area contributed by atoms with Crippen molar-refractivity contribution in [1.82, 2.24) is 10.6 Å². The Kier molecular flexibility index (Phi) is 15.1. The van der Waals surface area contributed by atoms with Crippen molar-refractivity contribution in [3.8, 4) is 0 Å². The van der Waals surface area contributed by atoms with Crippen molar-refractivity contribution in [3.63, 3.8) is 0 Å². The van der Waals surface area contributed by atoms with Crippen molar-refractivity contribution in [3.05, 3.63) is 71.7 Å². The summed E-state index contributed by atoms with van der Waals surface area (Å²) in [5, 5.41) is 5.46. The largest absolute Gasteiger partial charge is 0.490 e.